The minimum Gasteiger partial charge on any atom is -0.370 e. The largest absolute Gasteiger partial charge is 0.370 e. The summed E-state index contributed by atoms with van der Waals surface area (Å²) in [5, 5.41) is 2.67. The molecule has 0 radical (unpaired) electrons. The van der Waals surface area contributed by atoms with Gasteiger partial charge in [-0.1, -0.05) is 0 Å². The number of aryl methyl sites for hydroxylation is 2. The lowest BCUT2D eigenvalue weighted by Gasteiger charge is -2.13. The van der Waals surface area contributed by atoms with E-state index in [1.54, 1.807) is 6.07 Å². The summed E-state index contributed by atoms with van der Waals surface area (Å²) >= 11 is 0. The number of aromatic nitrogens is 1. The van der Waals surface area contributed by atoms with Crippen molar-refractivity contribution in [3.63, 3.8) is 0 Å². The lowest BCUT2D eigenvalue weighted by Crippen LogP contribution is -2.36. The van der Waals surface area contributed by atoms with Crippen LogP contribution >= 0.6 is 0 Å². The fraction of sp³-hybridized carbons (Fsp3) is 0.455. The molecular weight excluding hydrogens is 206 g/mol. The van der Waals surface area contributed by atoms with Crippen LogP contribution in [0.5, 0.6) is 0 Å². The summed E-state index contributed by atoms with van der Waals surface area (Å²) in [6.07, 6.45) is -0.636. The summed E-state index contributed by atoms with van der Waals surface area (Å²) in [5.41, 5.74) is 7.30. The number of rotatable bonds is 4. The molecule has 0 bridgehead atoms. The third-order valence-electron chi connectivity index (χ3n) is 2.14. The van der Waals surface area contributed by atoms with Crippen molar-refractivity contribution in [2.45, 2.75) is 20.0 Å². The van der Waals surface area contributed by atoms with Crippen LogP contribution in [0.15, 0.2) is 12.1 Å². The minimum atomic E-state index is -0.636. The molecule has 0 fully saturated rings. The Morgan fingerprint density at radius 3 is 2.75 bits per heavy atom. The summed E-state index contributed by atoms with van der Waals surface area (Å²) in [7, 11) is 1.45. The molecule has 0 saturated carbocycles. The lowest BCUT2D eigenvalue weighted by molar-refractivity contribution is -0.125. The zero-order valence-corrected chi connectivity index (χ0v) is 9.78. The van der Waals surface area contributed by atoms with Gasteiger partial charge in [-0.25, -0.2) is 4.98 Å². The van der Waals surface area contributed by atoms with Gasteiger partial charge in [0.25, 0.3) is 5.91 Å². The predicted octanol–water partition coefficient (Wildman–Crippen LogP) is 0.611. The maximum atomic E-state index is 11.6. The molecule has 1 rings (SSSR count). The van der Waals surface area contributed by atoms with Gasteiger partial charge in [0.2, 0.25) is 0 Å². The monoisotopic (exact) mass is 223 g/mol. The van der Waals surface area contributed by atoms with Crippen LogP contribution in [-0.4, -0.2) is 30.6 Å². The lowest BCUT2D eigenvalue weighted by atomic mass is 10.2. The molecule has 0 aliphatic rings. The third kappa shape index (κ3) is 3.29. The normalized spacial score (nSPS) is 12.2. The van der Waals surface area contributed by atoms with E-state index in [2.05, 4.69) is 10.3 Å². The van der Waals surface area contributed by atoms with Gasteiger partial charge < -0.3 is 15.8 Å². The van der Waals surface area contributed by atoms with E-state index in [0.29, 0.717) is 5.82 Å². The van der Waals surface area contributed by atoms with E-state index in [1.807, 2.05) is 19.9 Å². The number of nitrogens with two attached hydrogens (primary N) is 1. The smallest absolute Gasteiger partial charge is 0.255 e. The van der Waals surface area contributed by atoms with E-state index in [0.717, 1.165) is 11.3 Å². The number of carbonyl (C=O) groups excluding carboxylic acids is 1. The zero-order valence-electron chi connectivity index (χ0n) is 9.78. The molecule has 3 N–H and O–H groups in total. The van der Waals surface area contributed by atoms with Crippen molar-refractivity contribution in [1.82, 2.24) is 4.98 Å². The fourth-order valence-electron chi connectivity index (χ4n) is 1.42. The van der Waals surface area contributed by atoms with Crippen LogP contribution in [0.4, 0.5) is 5.82 Å². The summed E-state index contributed by atoms with van der Waals surface area (Å²) in [6.45, 7) is 3.97. The fourth-order valence-corrected chi connectivity index (χ4v) is 1.42. The zero-order chi connectivity index (χ0) is 12.1. The molecule has 0 aliphatic heterocycles. The Kier molecular flexibility index (Phi) is 4.39. The average Bonchev–Trinajstić information content (AvgIpc) is 2.17. The Morgan fingerprint density at radius 2 is 2.25 bits per heavy atom. The van der Waals surface area contributed by atoms with Crippen LogP contribution < -0.4 is 11.1 Å². The van der Waals surface area contributed by atoms with E-state index in [4.69, 9.17) is 10.5 Å². The van der Waals surface area contributed by atoms with Gasteiger partial charge in [-0.15, -0.1) is 0 Å². The summed E-state index contributed by atoms with van der Waals surface area (Å²) in [6, 6.07) is 3.74. The summed E-state index contributed by atoms with van der Waals surface area (Å²) < 4.78 is 4.93. The molecule has 0 aromatic carbocycles. The number of amides is 1. The number of hydrogen-bond acceptors (Lipinski definition) is 4. The molecule has 1 aromatic heterocycles. The molecule has 0 spiro atoms. The molecule has 1 atom stereocenters. The van der Waals surface area contributed by atoms with Crippen molar-refractivity contribution in [1.29, 1.82) is 0 Å². The Labute approximate surface area is 95.0 Å². The van der Waals surface area contributed by atoms with Crippen LogP contribution in [0.1, 0.15) is 11.3 Å². The molecule has 88 valence electrons. The minimum absolute atomic E-state index is 0.146. The molecule has 1 unspecified atom stereocenters. The molecule has 1 amide bonds. The third-order valence-corrected chi connectivity index (χ3v) is 2.14. The summed E-state index contributed by atoms with van der Waals surface area (Å²) in [5.74, 6) is 0.250. The van der Waals surface area contributed by atoms with E-state index in [1.165, 1.54) is 7.11 Å². The predicted molar refractivity (Wildman–Crippen MR) is 62.2 cm³/mol. The number of carbonyl (C=O) groups is 1. The maximum Gasteiger partial charge on any atom is 0.255 e. The topological polar surface area (TPSA) is 77.2 Å². The second-order valence-corrected chi connectivity index (χ2v) is 3.62. The van der Waals surface area contributed by atoms with Crippen LogP contribution in [0.3, 0.4) is 0 Å². The quantitative estimate of drug-likeness (QED) is 0.784. The van der Waals surface area contributed by atoms with Gasteiger partial charge in [0, 0.05) is 19.3 Å². The second kappa shape index (κ2) is 5.58. The number of pyridine rings is 1. The highest BCUT2D eigenvalue weighted by Crippen LogP contribution is 2.09. The second-order valence-electron chi connectivity index (χ2n) is 3.62. The highest BCUT2D eigenvalue weighted by molar-refractivity contribution is 5.93. The number of ether oxygens (including phenoxy) is 1. The number of nitrogens with zero attached hydrogens (tertiary/aromatic N) is 1. The standard InChI is InChI=1S/C11H17N3O2/c1-7-4-8(2)13-10(5-7)14-11(15)9(6-12)16-3/h4-5,9H,6,12H2,1-3H3,(H,13,14,15). The summed E-state index contributed by atoms with van der Waals surface area (Å²) in [4.78, 5) is 15.8. The van der Waals surface area contributed by atoms with Gasteiger partial charge in [0.15, 0.2) is 0 Å². The van der Waals surface area contributed by atoms with Crippen LogP contribution in [0, 0.1) is 13.8 Å². The number of methoxy groups -OCH3 is 1. The Bertz CT molecular complexity index is 355. The first-order valence-corrected chi connectivity index (χ1v) is 5.06. The van der Waals surface area contributed by atoms with Crippen molar-refractivity contribution >= 4 is 11.7 Å². The van der Waals surface area contributed by atoms with Crippen molar-refractivity contribution in [2.75, 3.05) is 19.0 Å². The molecule has 16 heavy (non-hydrogen) atoms. The molecule has 0 saturated heterocycles. The maximum absolute atomic E-state index is 11.6. The van der Waals surface area contributed by atoms with Gasteiger partial charge in [-0.2, -0.15) is 0 Å². The molecule has 0 aliphatic carbocycles. The first-order chi connectivity index (χ1) is 7.56. The number of nitrogens with one attached hydrogen (secondary N) is 1. The molecule has 1 aromatic rings. The van der Waals surface area contributed by atoms with Gasteiger partial charge in [0.1, 0.15) is 11.9 Å². The van der Waals surface area contributed by atoms with Gasteiger partial charge >= 0.3 is 0 Å². The molecule has 1 heterocycles. The van der Waals surface area contributed by atoms with Gasteiger partial charge in [-0.05, 0) is 31.5 Å². The SMILES string of the molecule is COC(CN)C(=O)Nc1cc(C)cc(C)n1. The molecule has 5 nitrogen and oxygen atoms in total. The highest BCUT2D eigenvalue weighted by atomic mass is 16.5. The Hall–Kier alpha value is -1.46. The van der Waals surface area contributed by atoms with Crippen LogP contribution in [-0.2, 0) is 9.53 Å². The Morgan fingerprint density at radius 1 is 1.56 bits per heavy atom. The number of hydrogen-bond donors (Lipinski definition) is 2. The molecular formula is C11H17N3O2. The van der Waals surface area contributed by atoms with Gasteiger partial charge in [-0.3, -0.25) is 4.79 Å². The van der Waals surface area contributed by atoms with Gasteiger partial charge in [0.05, 0.1) is 0 Å². The van der Waals surface area contributed by atoms with E-state index < -0.39 is 6.10 Å². The van der Waals surface area contributed by atoms with Crippen molar-refractivity contribution in [3.05, 3.63) is 23.4 Å². The molecule has 5 heteroatoms. The van der Waals surface area contributed by atoms with E-state index >= 15 is 0 Å². The highest BCUT2D eigenvalue weighted by Gasteiger charge is 2.16. The van der Waals surface area contributed by atoms with E-state index in [-0.39, 0.29) is 12.5 Å². The average molecular weight is 223 g/mol. The first-order valence-electron chi connectivity index (χ1n) is 5.06. The number of anilines is 1. The van der Waals surface area contributed by atoms with Crippen LogP contribution in [0.25, 0.3) is 0 Å². The van der Waals surface area contributed by atoms with Crippen molar-refractivity contribution < 1.29 is 9.53 Å². The first kappa shape index (κ1) is 12.6. The van der Waals surface area contributed by atoms with Crippen LogP contribution in [0.2, 0.25) is 0 Å². The Balaban J connectivity index is 2.76. The van der Waals surface area contributed by atoms with Crippen molar-refractivity contribution in [3.8, 4) is 0 Å². The van der Waals surface area contributed by atoms with E-state index in [9.17, 15) is 4.79 Å². The van der Waals surface area contributed by atoms with Crippen molar-refractivity contribution in [2.24, 2.45) is 5.73 Å².